The van der Waals surface area contributed by atoms with Crippen molar-refractivity contribution < 1.29 is 14.7 Å². The molecule has 1 aromatic carbocycles. The normalized spacial score (nSPS) is 12.2. The first-order valence-electron chi connectivity index (χ1n) is 7.41. The van der Waals surface area contributed by atoms with Gasteiger partial charge < -0.3 is 10.4 Å². The van der Waals surface area contributed by atoms with Crippen LogP contribution in [0.3, 0.4) is 0 Å². The van der Waals surface area contributed by atoms with E-state index in [-0.39, 0.29) is 18.2 Å². The van der Waals surface area contributed by atoms with E-state index >= 15 is 0 Å². The Hall–Kier alpha value is -1.84. The number of benzene rings is 1. The predicted octanol–water partition coefficient (Wildman–Crippen LogP) is 2.79. The standard InChI is InChI=1S/C17H25NO3/c1-12(2)8-15(10-17(20)21)11-18-16(19)9-14-6-4-13(3)5-7-14/h4-7,12,15H,8-11H2,1-3H3,(H,18,19)(H,20,21). The summed E-state index contributed by atoms with van der Waals surface area (Å²) in [4.78, 5) is 22.8. The van der Waals surface area contributed by atoms with Crippen molar-refractivity contribution in [2.45, 2.75) is 40.0 Å². The van der Waals surface area contributed by atoms with Crippen molar-refractivity contribution in [1.29, 1.82) is 0 Å². The first kappa shape index (κ1) is 17.2. The quantitative estimate of drug-likeness (QED) is 0.774. The smallest absolute Gasteiger partial charge is 0.303 e. The summed E-state index contributed by atoms with van der Waals surface area (Å²) in [6.07, 6.45) is 1.24. The van der Waals surface area contributed by atoms with Gasteiger partial charge in [-0.15, -0.1) is 0 Å². The topological polar surface area (TPSA) is 66.4 Å². The van der Waals surface area contributed by atoms with Gasteiger partial charge in [-0.3, -0.25) is 9.59 Å². The summed E-state index contributed by atoms with van der Waals surface area (Å²) >= 11 is 0. The molecular weight excluding hydrogens is 266 g/mol. The van der Waals surface area contributed by atoms with Gasteiger partial charge in [0.2, 0.25) is 5.91 Å². The van der Waals surface area contributed by atoms with Gasteiger partial charge in [0.25, 0.3) is 0 Å². The van der Waals surface area contributed by atoms with Gasteiger partial charge in [-0.25, -0.2) is 0 Å². The Morgan fingerprint density at radius 1 is 1.19 bits per heavy atom. The molecule has 1 unspecified atom stereocenters. The van der Waals surface area contributed by atoms with Crippen LogP contribution in [-0.4, -0.2) is 23.5 Å². The van der Waals surface area contributed by atoms with Crippen LogP contribution >= 0.6 is 0 Å². The molecule has 0 radical (unpaired) electrons. The minimum Gasteiger partial charge on any atom is -0.481 e. The molecule has 2 N–H and O–H groups in total. The number of carboxylic acids is 1. The number of carbonyl (C=O) groups is 2. The second kappa shape index (κ2) is 8.45. The molecular formula is C17H25NO3. The Kier molecular flexibility index (Phi) is 6.92. The minimum atomic E-state index is -0.812. The van der Waals surface area contributed by atoms with Gasteiger partial charge in [-0.05, 0) is 30.7 Å². The molecule has 1 amide bonds. The van der Waals surface area contributed by atoms with Crippen LogP contribution in [0.5, 0.6) is 0 Å². The first-order valence-corrected chi connectivity index (χ1v) is 7.41. The van der Waals surface area contributed by atoms with E-state index in [0.29, 0.717) is 18.9 Å². The predicted molar refractivity (Wildman–Crippen MR) is 83.1 cm³/mol. The number of nitrogens with one attached hydrogen (secondary N) is 1. The fourth-order valence-electron chi connectivity index (χ4n) is 2.36. The highest BCUT2D eigenvalue weighted by Gasteiger charge is 2.16. The Labute approximate surface area is 126 Å². The van der Waals surface area contributed by atoms with E-state index in [4.69, 9.17) is 5.11 Å². The highest BCUT2D eigenvalue weighted by molar-refractivity contribution is 5.78. The van der Waals surface area contributed by atoms with Crippen molar-refractivity contribution in [3.8, 4) is 0 Å². The molecule has 0 fully saturated rings. The lowest BCUT2D eigenvalue weighted by Crippen LogP contribution is -2.32. The van der Waals surface area contributed by atoms with Crippen molar-refractivity contribution in [3.63, 3.8) is 0 Å². The summed E-state index contributed by atoms with van der Waals surface area (Å²) in [7, 11) is 0. The van der Waals surface area contributed by atoms with E-state index in [9.17, 15) is 9.59 Å². The summed E-state index contributed by atoms with van der Waals surface area (Å²) in [5, 5.41) is 11.8. The lowest BCUT2D eigenvalue weighted by molar-refractivity contribution is -0.138. The number of carbonyl (C=O) groups excluding carboxylic acids is 1. The number of amides is 1. The first-order chi connectivity index (χ1) is 9.86. The van der Waals surface area contributed by atoms with Crippen molar-refractivity contribution in [2.24, 2.45) is 11.8 Å². The van der Waals surface area contributed by atoms with E-state index in [1.807, 2.05) is 31.2 Å². The van der Waals surface area contributed by atoms with Crippen LogP contribution in [0.25, 0.3) is 0 Å². The number of hydrogen-bond donors (Lipinski definition) is 2. The fraction of sp³-hybridized carbons (Fsp3) is 0.529. The molecule has 0 aliphatic rings. The number of aryl methyl sites for hydroxylation is 1. The Morgan fingerprint density at radius 2 is 1.81 bits per heavy atom. The summed E-state index contributed by atoms with van der Waals surface area (Å²) in [5.74, 6) is -0.459. The van der Waals surface area contributed by atoms with Crippen LogP contribution in [0.2, 0.25) is 0 Å². The van der Waals surface area contributed by atoms with E-state index in [1.54, 1.807) is 0 Å². The largest absolute Gasteiger partial charge is 0.481 e. The molecule has 4 heteroatoms. The lowest BCUT2D eigenvalue weighted by atomic mass is 9.94. The average Bonchev–Trinajstić information content (AvgIpc) is 2.37. The summed E-state index contributed by atoms with van der Waals surface area (Å²) in [6, 6.07) is 7.85. The highest BCUT2D eigenvalue weighted by Crippen LogP contribution is 2.14. The maximum atomic E-state index is 11.9. The second-order valence-electron chi connectivity index (χ2n) is 6.06. The van der Waals surface area contributed by atoms with Gasteiger partial charge >= 0.3 is 5.97 Å². The van der Waals surface area contributed by atoms with Crippen LogP contribution in [0.4, 0.5) is 0 Å². The number of rotatable bonds is 8. The summed E-state index contributed by atoms with van der Waals surface area (Å²) in [6.45, 7) is 6.55. The molecule has 1 rings (SSSR count). The molecule has 21 heavy (non-hydrogen) atoms. The van der Waals surface area contributed by atoms with E-state index in [2.05, 4.69) is 19.2 Å². The SMILES string of the molecule is Cc1ccc(CC(=O)NCC(CC(=O)O)CC(C)C)cc1. The van der Waals surface area contributed by atoms with Gasteiger partial charge in [-0.1, -0.05) is 43.7 Å². The van der Waals surface area contributed by atoms with Crippen molar-refractivity contribution in [1.82, 2.24) is 5.32 Å². The maximum absolute atomic E-state index is 11.9. The molecule has 0 saturated heterocycles. The molecule has 1 atom stereocenters. The second-order valence-corrected chi connectivity index (χ2v) is 6.06. The number of carboxylic acid groups (broad SMARTS) is 1. The van der Waals surface area contributed by atoms with Crippen LogP contribution in [0, 0.1) is 18.8 Å². The molecule has 4 nitrogen and oxygen atoms in total. The summed E-state index contributed by atoms with van der Waals surface area (Å²) in [5.41, 5.74) is 2.13. The molecule has 0 aromatic heterocycles. The third-order valence-corrected chi connectivity index (χ3v) is 3.34. The molecule has 116 valence electrons. The van der Waals surface area contributed by atoms with Gasteiger partial charge in [0.1, 0.15) is 0 Å². The molecule has 0 aliphatic carbocycles. The van der Waals surface area contributed by atoms with Crippen LogP contribution in [0.15, 0.2) is 24.3 Å². The fourth-order valence-corrected chi connectivity index (χ4v) is 2.36. The van der Waals surface area contributed by atoms with Crippen molar-refractivity contribution in [2.75, 3.05) is 6.54 Å². The Bertz CT molecular complexity index is 465. The zero-order valence-corrected chi connectivity index (χ0v) is 13.1. The average molecular weight is 291 g/mol. The molecule has 1 aromatic rings. The van der Waals surface area contributed by atoms with Gasteiger partial charge in [0.05, 0.1) is 6.42 Å². The Balaban J connectivity index is 2.44. The third kappa shape index (κ3) is 7.49. The minimum absolute atomic E-state index is 0.00975. The zero-order valence-electron chi connectivity index (χ0n) is 13.1. The van der Waals surface area contributed by atoms with Crippen LogP contribution in [-0.2, 0) is 16.0 Å². The number of aliphatic carboxylic acids is 1. The highest BCUT2D eigenvalue weighted by atomic mass is 16.4. The van der Waals surface area contributed by atoms with Crippen molar-refractivity contribution >= 4 is 11.9 Å². The number of hydrogen-bond acceptors (Lipinski definition) is 2. The molecule has 0 heterocycles. The maximum Gasteiger partial charge on any atom is 0.303 e. The zero-order chi connectivity index (χ0) is 15.8. The Morgan fingerprint density at radius 3 is 2.33 bits per heavy atom. The lowest BCUT2D eigenvalue weighted by Gasteiger charge is -2.17. The van der Waals surface area contributed by atoms with Crippen LogP contribution in [0.1, 0.15) is 37.8 Å². The van der Waals surface area contributed by atoms with Gasteiger partial charge in [0.15, 0.2) is 0 Å². The third-order valence-electron chi connectivity index (χ3n) is 3.34. The van der Waals surface area contributed by atoms with Crippen molar-refractivity contribution in [3.05, 3.63) is 35.4 Å². The van der Waals surface area contributed by atoms with Crippen LogP contribution < -0.4 is 5.32 Å². The monoisotopic (exact) mass is 291 g/mol. The summed E-state index contributed by atoms with van der Waals surface area (Å²) < 4.78 is 0. The molecule has 0 aliphatic heterocycles. The molecule has 0 spiro atoms. The van der Waals surface area contributed by atoms with E-state index in [0.717, 1.165) is 17.5 Å². The van der Waals surface area contributed by atoms with Gasteiger partial charge in [-0.2, -0.15) is 0 Å². The molecule has 0 saturated carbocycles. The van der Waals surface area contributed by atoms with E-state index < -0.39 is 5.97 Å². The van der Waals surface area contributed by atoms with Gasteiger partial charge in [0, 0.05) is 13.0 Å². The van der Waals surface area contributed by atoms with E-state index in [1.165, 1.54) is 0 Å². The molecule has 0 bridgehead atoms.